The van der Waals surface area contributed by atoms with Gasteiger partial charge in [-0.05, 0) is 61.3 Å². The van der Waals surface area contributed by atoms with Crippen molar-refractivity contribution in [1.29, 1.82) is 0 Å². The highest BCUT2D eigenvalue weighted by atomic mass is 79.9. The van der Waals surface area contributed by atoms with Gasteiger partial charge in [-0.2, -0.15) is 0 Å². The standard InChI is InChI=1S/C17H24BrNO/c1-2-17-14(7-8-20-17)11-19-16-6-4-12-9-15(18)5-3-13(12)10-16/h3,5,9,14,16-17,19H,2,4,6-8,10-11H2,1H3. The van der Waals surface area contributed by atoms with Crippen LogP contribution in [0.2, 0.25) is 0 Å². The van der Waals surface area contributed by atoms with Crippen LogP contribution >= 0.6 is 15.9 Å². The first-order valence-electron chi connectivity index (χ1n) is 7.88. The Kier molecular flexibility index (Phi) is 4.79. The molecule has 1 aliphatic heterocycles. The number of hydrogen-bond acceptors (Lipinski definition) is 2. The minimum atomic E-state index is 0.481. The summed E-state index contributed by atoms with van der Waals surface area (Å²) in [6.45, 7) is 4.30. The highest BCUT2D eigenvalue weighted by Gasteiger charge is 2.27. The minimum Gasteiger partial charge on any atom is -0.378 e. The lowest BCUT2D eigenvalue weighted by Crippen LogP contribution is -2.39. The fourth-order valence-corrected chi connectivity index (χ4v) is 4.00. The van der Waals surface area contributed by atoms with Crippen molar-refractivity contribution in [2.75, 3.05) is 13.2 Å². The van der Waals surface area contributed by atoms with Crippen molar-refractivity contribution in [2.45, 2.75) is 51.2 Å². The van der Waals surface area contributed by atoms with Crippen LogP contribution in [-0.4, -0.2) is 25.3 Å². The van der Waals surface area contributed by atoms with Crippen LogP contribution in [0.1, 0.15) is 37.3 Å². The Bertz CT molecular complexity index is 462. The normalized spacial score (nSPS) is 29.4. The van der Waals surface area contributed by atoms with Crippen LogP contribution in [0.3, 0.4) is 0 Å². The maximum absolute atomic E-state index is 5.78. The third-order valence-electron chi connectivity index (χ3n) is 4.81. The largest absolute Gasteiger partial charge is 0.378 e. The lowest BCUT2D eigenvalue weighted by Gasteiger charge is -2.28. The maximum atomic E-state index is 5.78. The van der Waals surface area contributed by atoms with Crippen LogP contribution in [0.25, 0.3) is 0 Å². The predicted molar refractivity (Wildman–Crippen MR) is 86.1 cm³/mol. The summed E-state index contributed by atoms with van der Waals surface area (Å²) >= 11 is 3.57. The minimum absolute atomic E-state index is 0.481. The molecular formula is C17H24BrNO. The molecule has 0 radical (unpaired) electrons. The number of aryl methyl sites for hydroxylation is 1. The van der Waals surface area contributed by atoms with Gasteiger partial charge in [0.15, 0.2) is 0 Å². The van der Waals surface area contributed by atoms with E-state index in [1.807, 2.05) is 0 Å². The SMILES string of the molecule is CCC1OCCC1CNC1CCc2cc(Br)ccc2C1. The number of rotatable bonds is 4. The monoisotopic (exact) mass is 337 g/mol. The second-order valence-electron chi connectivity index (χ2n) is 6.13. The van der Waals surface area contributed by atoms with Gasteiger partial charge in [0.2, 0.25) is 0 Å². The first-order valence-corrected chi connectivity index (χ1v) is 8.68. The molecule has 0 saturated carbocycles. The molecule has 3 atom stereocenters. The van der Waals surface area contributed by atoms with Crippen molar-refractivity contribution in [3.8, 4) is 0 Å². The van der Waals surface area contributed by atoms with Crippen molar-refractivity contribution in [1.82, 2.24) is 5.32 Å². The highest BCUT2D eigenvalue weighted by Crippen LogP contribution is 2.26. The summed E-state index contributed by atoms with van der Waals surface area (Å²) in [6, 6.07) is 7.37. The van der Waals surface area contributed by atoms with E-state index in [1.165, 1.54) is 41.3 Å². The lowest BCUT2D eigenvalue weighted by atomic mass is 9.88. The van der Waals surface area contributed by atoms with Gasteiger partial charge in [-0.15, -0.1) is 0 Å². The Morgan fingerprint density at radius 1 is 1.30 bits per heavy atom. The second kappa shape index (κ2) is 6.59. The zero-order valence-electron chi connectivity index (χ0n) is 12.2. The van der Waals surface area contributed by atoms with Crippen molar-refractivity contribution < 1.29 is 4.74 Å². The van der Waals surface area contributed by atoms with Crippen LogP contribution in [0.5, 0.6) is 0 Å². The lowest BCUT2D eigenvalue weighted by molar-refractivity contribution is 0.0864. The highest BCUT2D eigenvalue weighted by molar-refractivity contribution is 9.10. The predicted octanol–water partition coefficient (Wildman–Crippen LogP) is 3.71. The molecule has 1 fully saturated rings. The van der Waals surface area contributed by atoms with E-state index in [2.05, 4.69) is 46.4 Å². The Labute approximate surface area is 130 Å². The van der Waals surface area contributed by atoms with E-state index in [0.717, 1.165) is 19.6 Å². The number of fused-ring (bicyclic) bond motifs is 1. The number of nitrogens with one attached hydrogen (secondary N) is 1. The zero-order valence-corrected chi connectivity index (χ0v) is 13.8. The summed E-state index contributed by atoms with van der Waals surface area (Å²) < 4.78 is 6.98. The van der Waals surface area contributed by atoms with E-state index in [0.29, 0.717) is 18.1 Å². The van der Waals surface area contributed by atoms with Crippen molar-refractivity contribution >= 4 is 15.9 Å². The molecular weight excluding hydrogens is 314 g/mol. The summed E-state index contributed by atoms with van der Waals surface area (Å²) in [5.41, 5.74) is 3.04. The Morgan fingerprint density at radius 3 is 3.05 bits per heavy atom. The number of halogens is 1. The van der Waals surface area contributed by atoms with E-state index in [1.54, 1.807) is 0 Å². The summed E-state index contributed by atoms with van der Waals surface area (Å²) in [4.78, 5) is 0. The van der Waals surface area contributed by atoms with Crippen LogP contribution in [-0.2, 0) is 17.6 Å². The third-order valence-corrected chi connectivity index (χ3v) is 5.31. The Morgan fingerprint density at radius 2 is 2.20 bits per heavy atom. The summed E-state index contributed by atoms with van der Waals surface area (Å²) in [5, 5.41) is 3.79. The summed E-state index contributed by atoms with van der Waals surface area (Å²) in [6.07, 6.45) is 6.48. The fourth-order valence-electron chi connectivity index (χ4n) is 3.59. The molecule has 1 aromatic carbocycles. The van der Waals surface area contributed by atoms with Gasteiger partial charge in [0.1, 0.15) is 0 Å². The molecule has 0 aromatic heterocycles. The van der Waals surface area contributed by atoms with Crippen LogP contribution in [0.4, 0.5) is 0 Å². The molecule has 1 aliphatic carbocycles. The average Bonchev–Trinajstić information content (AvgIpc) is 2.92. The van der Waals surface area contributed by atoms with Gasteiger partial charge in [0.05, 0.1) is 6.10 Å². The van der Waals surface area contributed by atoms with Gasteiger partial charge in [-0.3, -0.25) is 0 Å². The summed E-state index contributed by atoms with van der Waals surface area (Å²) in [7, 11) is 0. The van der Waals surface area contributed by atoms with Gasteiger partial charge in [-0.1, -0.05) is 28.9 Å². The fraction of sp³-hybridized carbons (Fsp3) is 0.647. The third kappa shape index (κ3) is 3.26. The van der Waals surface area contributed by atoms with Gasteiger partial charge in [-0.25, -0.2) is 0 Å². The van der Waals surface area contributed by atoms with Crippen molar-refractivity contribution in [3.63, 3.8) is 0 Å². The quantitative estimate of drug-likeness (QED) is 0.904. The molecule has 1 saturated heterocycles. The molecule has 3 unspecified atom stereocenters. The van der Waals surface area contributed by atoms with E-state index < -0.39 is 0 Å². The number of benzene rings is 1. The Hall–Kier alpha value is -0.380. The first-order chi connectivity index (χ1) is 9.76. The molecule has 3 heteroatoms. The topological polar surface area (TPSA) is 21.3 Å². The maximum Gasteiger partial charge on any atom is 0.0613 e. The van der Waals surface area contributed by atoms with Gasteiger partial charge >= 0.3 is 0 Å². The molecule has 1 N–H and O–H groups in total. The molecule has 3 rings (SSSR count). The molecule has 1 aromatic rings. The van der Waals surface area contributed by atoms with E-state index >= 15 is 0 Å². The molecule has 0 spiro atoms. The smallest absolute Gasteiger partial charge is 0.0613 e. The molecule has 2 aliphatic rings. The molecule has 110 valence electrons. The molecule has 2 nitrogen and oxygen atoms in total. The van der Waals surface area contributed by atoms with Gasteiger partial charge in [0, 0.05) is 23.7 Å². The van der Waals surface area contributed by atoms with Crippen LogP contribution < -0.4 is 5.32 Å². The average molecular weight is 338 g/mol. The van der Waals surface area contributed by atoms with E-state index in [-0.39, 0.29) is 0 Å². The molecule has 0 bridgehead atoms. The first kappa shape index (κ1) is 14.6. The van der Waals surface area contributed by atoms with Crippen molar-refractivity contribution in [3.05, 3.63) is 33.8 Å². The second-order valence-corrected chi connectivity index (χ2v) is 7.04. The van der Waals surface area contributed by atoms with Crippen LogP contribution in [0, 0.1) is 5.92 Å². The van der Waals surface area contributed by atoms with E-state index in [4.69, 9.17) is 4.74 Å². The zero-order chi connectivity index (χ0) is 13.9. The van der Waals surface area contributed by atoms with Gasteiger partial charge in [0.25, 0.3) is 0 Å². The molecule has 1 heterocycles. The Balaban J connectivity index is 1.54. The number of hydrogen-bond donors (Lipinski definition) is 1. The summed E-state index contributed by atoms with van der Waals surface area (Å²) in [5.74, 6) is 0.714. The van der Waals surface area contributed by atoms with Gasteiger partial charge < -0.3 is 10.1 Å². The van der Waals surface area contributed by atoms with Crippen molar-refractivity contribution in [2.24, 2.45) is 5.92 Å². The number of ether oxygens (including phenoxy) is 1. The molecule has 0 amide bonds. The molecule has 20 heavy (non-hydrogen) atoms. The van der Waals surface area contributed by atoms with Crippen LogP contribution in [0.15, 0.2) is 22.7 Å². The van der Waals surface area contributed by atoms with E-state index in [9.17, 15) is 0 Å².